The van der Waals surface area contributed by atoms with Gasteiger partial charge in [-0.2, -0.15) is 0 Å². The van der Waals surface area contributed by atoms with Crippen LogP contribution in [0.3, 0.4) is 0 Å². The molecule has 0 saturated carbocycles. The van der Waals surface area contributed by atoms with Crippen molar-refractivity contribution in [3.8, 4) is 5.75 Å². The molecule has 25 heavy (non-hydrogen) atoms. The molecule has 0 spiro atoms. The summed E-state index contributed by atoms with van der Waals surface area (Å²) in [5.41, 5.74) is 0.525. The van der Waals surface area contributed by atoms with Crippen LogP contribution in [0, 0.1) is 0 Å². The van der Waals surface area contributed by atoms with E-state index in [1.54, 1.807) is 47.1 Å². The quantitative estimate of drug-likeness (QED) is 0.839. The number of rotatable bonds is 4. The predicted molar refractivity (Wildman–Crippen MR) is 92.7 cm³/mol. The largest absolute Gasteiger partial charge is 0.481 e. The number of ether oxygens (including phenoxy) is 1. The van der Waals surface area contributed by atoms with Crippen molar-refractivity contribution < 1.29 is 18.7 Å². The van der Waals surface area contributed by atoms with Crippen LogP contribution in [0.25, 0.3) is 0 Å². The first-order valence-corrected chi connectivity index (χ1v) is 8.45. The lowest BCUT2D eigenvalue weighted by Gasteiger charge is -2.35. The first-order chi connectivity index (χ1) is 12.0. The number of carbonyl (C=O) groups is 2. The second-order valence-corrected chi connectivity index (χ2v) is 6.28. The van der Waals surface area contributed by atoms with Crippen molar-refractivity contribution in [2.45, 2.75) is 13.0 Å². The van der Waals surface area contributed by atoms with Gasteiger partial charge in [0.15, 0.2) is 6.10 Å². The summed E-state index contributed by atoms with van der Waals surface area (Å²) in [6.07, 6.45) is 2.29. The van der Waals surface area contributed by atoms with E-state index in [1.807, 2.05) is 0 Å². The first-order valence-electron chi connectivity index (χ1n) is 8.07. The summed E-state index contributed by atoms with van der Waals surface area (Å²) in [6, 6.07) is 8.59. The molecule has 1 unspecified atom stereocenters. The molecule has 1 aromatic carbocycles. The van der Waals surface area contributed by atoms with E-state index in [2.05, 4.69) is 0 Å². The van der Waals surface area contributed by atoms with Crippen molar-refractivity contribution in [2.75, 3.05) is 26.2 Å². The van der Waals surface area contributed by atoms with Gasteiger partial charge in [-0.05, 0) is 31.2 Å². The van der Waals surface area contributed by atoms with E-state index in [4.69, 9.17) is 20.8 Å². The molecule has 0 N–H and O–H groups in total. The van der Waals surface area contributed by atoms with Crippen molar-refractivity contribution >= 4 is 23.4 Å². The molecule has 0 radical (unpaired) electrons. The monoisotopic (exact) mass is 362 g/mol. The zero-order valence-corrected chi connectivity index (χ0v) is 14.6. The van der Waals surface area contributed by atoms with Crippen molar-refractivity contribution in [3.05, 3.63) is 53.4 Å². The molecule has 3 rings (SSSR count). The van der Waals surface area contributed by atoms with E-state index in [0.29, 0.717) is 42.5 Å². The fourth-order valence-electron chi connectivity index (χ4n) is 2.75. The van der Waals surface area contributed by atoms with Gasteiger partial charge in [0.05, 0.1) is 11.8 Å². The molecule has 132 valence electrons. The third kappa shape index (κ3) is 4.14. The lowest BCUT2D eigenvalue weighted by Crippen LogP contribution is -2.53. The number of piperazine rings is 1. The van der Waals surface area contributed by atoms with Crippen LogP contribution in [0.4, 0.5) is 0 Å². The van der Waals surface area contributed by atoms with Gasteiger partial charge in [0.2, 0.25) is 0 Å². The number of furan rings is 1. The van der Waals surface area contributed by atoms with Crippen LogP contribution in [0.2, 0.25) is 5.02 Å². The Kier molecular flexibility index (Phi) is 5.28. The summed E-state index contributed by atoms with van der Waals surface area (Å²) in [4.78, 5) is 28.2. The van der Waals surface area contributed by atoms with Crippen LogP contribution >= 0.6 is 11.6 Å². The number of halogens is 1. The summed E-state index contributed by atoms with van der Waals surface area (Å²) in [5.74, 6) is 0.376. The third-order valence-electron chi connectivity index (χ3n) is 4.10. The van der Waals surface area contributed by atoms with Gasteiger partial charge in [-0.3, -0.25) is 9.59 Å². The smallest absolute Gasteiger partial charge is 0.263 e. The standard InChI is InChI=1S/C18H19ClN2O4/c1-13(25-16-4-2-3-15(19)11-16)17(22)20-6-8-21(9-7-20)18(23)14-5-10-24-12-14/h2-5,10-13H,6-9H2,1H3. The maximum absolute atomic E-state index is 12.5. The van der Waals surface area contributed by atoms with E-state index in [1.165, 1.54) is 12.5 Å². The fraction of sp³-hybridized carbons (Fsp3) is 0.333. The third-order valence-corrected chi connectivity index (χ3v) is 4.34. The van der Waals surface area contributed by atoms with Gasteiger partial charge >= 0.3 is 0 Å². The van der Waals surface area contributed by atoms with E-state index in [0.717, 1.165) is 0 Å². The molecule has 0 aliphatic carbocycles. The zero-order chi connectivity index (χ0) is 17.8. The Bertz CT molecular complexity index is 739. The average Bonchev–Trinajstić information content (AvgIpc) is 3.15. The highest BCUT2D eigenvalue weighted by Gasteiger charge is 2.28. The van der Waals surface area contributed by atoms with Crippen molar-refractivity contribution in [3.63, 3.8) is 0 Å². The van der Waals surface area contributed by atoms with Crippen LogP contribution in [-0.4, -0.2) is 53.9 Å². The Morgan fingerprint density at radius 1 is 1.16 bits per heavy atom. The van der Waals surface area contributed by atoms with Gasteiger partial charge in [0.25, 0.3) is 11.8 Å². The van der Waals surface area contributed by atoms with Crippen LogP contribution < -0.4 is 4.74 Å². The molecule has 2 heterocycles. The molecule has 1 aromatic heterocycles. The molecular formula is C18H19ClN2O4. The Morgan fingerprint density at radius 3 is 2.52 bits per heavy atom. The number of carbonyl (C=O) groups excluding carboxylic acids is 2. The molecule has 7 heteroatoms. The Labute approximate surface area is 150 Å². The van der Waals surface area contributed by atoms with E-state index in [-0.39, 0.29) is 11.8 Å². The highest BCUT2D eigenvalue weighted by atomic mass is 35.5. The number of nitrogens with zero attached hydrogens (tertiary/aromatic N) is 2. The number of amides is 2. The molecule has 6 nitrogen and oxygen atoms in total. The number of hydrogen-bond donors (Lipinski definition) is 0. The van der Waals surface area contributed by atoms with Crippen molar-refractivity contribution in [1.29, 1.82) is 0 Å². The Hall–Kier alpha value is -2.47. The van der Waals surface area contributed by atoms with Gasteiger partial charge in [0, 0.05) is 31.2 Å². The zero-order valence-electron chi connectivity index (χ0n) is 13.9. The molecule has 1 saturated heterocycles. The summed E-state index contributed by atoms with van der Waals surface area (Å²) in [7, 11) is 0. The average molecular weight is 363 g/mol. The highest BCUT2D eigenvalue weighted by Crippen LogP contribution is 2.19. The highest BCUT2D eigenvalue weighted by molar-refractivity contribution is 6.30. The second-order valence-electron chi connectivity index (χ2n) is 5.85. The molecule has 2 aromatic rings. The molecule has 1 atom stereocenters. The minimum absolute atomic E-state index is 0.0796. The van der Waals surface area contributed by atoms with Crippen LogP contribution in [0.1, 0.15) is 17.3 Å². The SMILES string of the molecule is CC(Oc1cccc(Cl)c1)C(=O)N1CCN(C(=O)c2ccoc2)CC1. The minimum atomic E-state index is -0.616. The first kappa shape index (κ1) is 17.4. The van der Waals surface area contributed by atoms with Gasteiger partial charge in [-0.15, -0.1) is 0 Å². The van der Waals surface area contributed by atoms with E-state index >= 15 is 0 Å². The maximum atomic E-state index is 12.5. The predicted octanol–water partition coefficient (Wildman–Crippen LogP) is 2.68. The summed E-state index contributed by atoms with van der Waals surface area (Å²) < 4.78 is 10.6. The Morgan fingerprint density at radius 2 is 1.88 bits per heavy atom. The number of hydrogen-bond acceptors (Lipinski definition) is 4. The second kappa shape index (κ2) is 7.61. The minimum Gasteiger partial charge on any atom is -0.481 e. The van der Waals surface area contributed by atoms with Gasteiger partial charge < -0.3 is 19.0 Å². The molecular weight excluding hydrogens is 344 g/mol. The van der Waals surface area contributed by atoms with Gasteiger partial charge in [0.1, 0.15) is 12.0 Å². The normalized spacial score (nSPS) is 15.8. The lowest BCUT2D eigenvalue weighted by molar-refractivity contribution is -0.139. The molecule has 2 amide bonds. The van der Waals surface area contributed by atoms with Crippen LogP contribution in [-0.2, 0) is 4.79 Å². The van der Waals surface area contributed by atoms with E-state index in [9.17, 15) is 9.59 Å². The summed E-state index contributed by atoms with van der Waals surface area (Å²) in [6.45, 7) is 3.64. The fourth-order valence-corrected chi connectivity index (χ4v) is 2.93. The molecule has 1 aliphatic heterocycles. The van der Waals surface area contributed by atoms with Crippen LogP contribution in [0.15, 0.2) is 47.3 Å². The molecule has 1 aliphatic rings. The lowest BCUT2D eigenvalue weighted by atomic mass is 10.2. The van der Waals surface area contributed by atoms with Crippen molar-refractivity contribution in [2.24, 2.45) is 0 Å². The maximum Gasteiger partial charge on any atom is 0.263 e. The van der Waals surface area contributed by atoms with Gasteiger partial charge in [-0.1, -0.05) is 17.7 Å². The molecule has 0 bridgehead atoms. The summed E-state index contributed by atoms with van der Waals surface area (Å²) >= 11 is 5.93. The van der Waals surface area contributed by atoms with Gasteiger partial charge in [-0.25, -0.2) is 0 Å². The Balaban J connectivity index is 1.53. The van der Waals surface area contributed by atoms with Crippen LogP contribution in [0.5, 0.6) is 5.75 Å². The van der Waals surface area contributed by atoms with Crippen molar-refractivity contribution in [1.82, 2.24) is 9.80 Å². The van der Waals surface area contributed by atoms with E-state index < -0.39 is 6.10 Å². The number of benzene rings is 1. The molecule has 1 fully saturated rings. The topological polar surface area (TPSA) is 63.0 Å². The summed E-state index contributed by atoms with van der Waals surface area (Å²) in [5, 5.41) is 0.559.